The number of methoxy groups -OCH3 is 1. The van der Waals surface area contributed by atoms with Crippen molar-refractivity contribution in [2.24, 2.45) is 0 Å². The van der Waals surface area contributed by atoms with E-state index in [4.69, 9.17) is 9.26 Å². The van der Waals surface area contributed by atoms with E-state index in [1.165, 1.54) is 11.3 Å². The lowest BCUT2D eigenvalue weighted by molar-refractivity contribution is 0.0769. The van der Waals surface area contributed by atoms with Gasteiger partial charge in [0, 0.05) is 43.3 Å². The van der Waals surface area contributed by atoms with E-state index in [2.05, 4.69) is 15.1 Å². The number of hydrogen-bond acceptors (Lipinski definition) is 7. The fourth-order valence-electron chi connectivity index (χ4n) is 2.30. The maximum atomic E-state index is 12.6. The molecule has 2 aromatic heterocycles. The maximum Gasteiger partial charge on any atom is 0.254 e. The highest BCUT2D eigenvalue weighted by atomic mass is 32.1. The number of hydrogen-bond donors (Lipinski definition) is 0. The number of amides is 1. The first kappa shape index (κ1) is 17.2. The van der Waals surface area contributed by atoms with Gasteiger partial charge in [0.15, 0.2) is 5.82 Å². The molecule has 3 aromatic rings. The summed E-state index contributed by atoms with van der Waals surface area (Å²) in [4.78, 5) is 22.7. The zero-order valence-corrected chi connectivity index (χ0v) is 14.8. The van der Waals surface area contributed by atoms with E-state index in [1.807, 2.05) is 23.6 Å². The Morgan fingerprint density at radius 3 is 3.04 bits per heavy atom. The molecule has 1 aromatic carbocycles. The molecule has 2 heterocycles. The normalized spacial score (nSPS) is 10.8. The van der Waals surface area contributed by atoms with Crippen LogP contribution in [0.15, 0.2) is 40.4 Å². The van der Waals surface area contributed by atoms with Crippen LogP contribution in [0.2, 0.25) is 0 Å². The van der Waals surface area contributed by atoms with Crippen LogP contribution in [-0.2, 0) is 17.7 Å². The van der Waals surface area contributed by atoms with Crippen molar-refractivity contribution in [2.75, 3.05) is 20.8 Å². The number of nitrogens with zero attached hydrogens (tertiary/aromatic N) is 4. The van der Waals surface area contributed by atoms with Gasteiger partial charge in [-0.05, 0) is 12.1 Å². The third kappa shape index (κ3) is 4.28. The lowest BCUT2D eigenvalue weighted by Gasteiger charge is -2.15. The van der Waals surface area contributed by atoms with Gasteiger partial charge in [0.05, 0.1) is 13.2 Å². The van der Waals surface area contributed by atoms with E-state index in [1.54, 1.807) is 31.3 Å². The van der Waals surface area contributed by atoms with E-state index in [9.17, 15) is 4.79 Å². The Kier molecular flexibility index (Phi) is 5.52. The predicted molar refractivity (Wildman–Crippen MR) is 93.2 cm³/mol. The molecular formula is C17H18N4O3S. The molecule has 0 unspecified atom stereocenters. The fraction of sp³-hybridized carbons (Fsp3) is 0.294. The molecule has 0 bridgehead atoms. The highest BCUT2D eigenvalue weighted by Gasteiger charge is 2.16. The highest BCUT2D eigenvalue weighted by molar-refractivity contribution is 7.13. The van der Waals surface area contributed by atoms with Gasteiger partial charge in [-0.2, -0.15) is 4.98 Å². The van der Waals surface area contributed by atoms with E-state index in [0.29, 0.717) is 30.3 Å². The molecule has 7 nitrogen and oxygen atoms in total. The summed E-state index contributed by atoms with van der Waals surface area (Å²) < 4.78 is 10.2. The first-order valence-electron chi connectivity index (χ1n) is 7.73. The van der Waals surface area contributed by atoms with Crippen LogP contribution < -0.4 is 0 Å². The summed E-state index contributed by atoms with van der Waals surface area (Å²) in [7, 11) is 3.32. The van der Waals surface area contributed by atoms with Crippen LogP contribution in [0.4, 0.5) is 0 Å². The number of thiazole rings is 1. The Morgan fingerprint density at radius 1 is 1.40 bits per heavy atom. The Morgan fingerprint density at radius 2 is 2.28 bits per heavy atom. The molecular weight excluding hydrogens is 340 g/mol. The SMILES string of the molecule is COCCc1noc(CN(C)C(=O)c2cccc(-c3nccs3)c2)n1. The van der Waals surface area contributed by atoms with Gasteiger partial charge in [0.2, 0.25) is 5.89 Å². The molecule has 1 amide bonds. The van der Waals surface area contributed by atoms with Gasteiger partial charge >= 0.3 is 0 Å². The monoisotopic (exact) mass is 358 g/mol. The van der Waals surface area contributed by atoms with Crippen molar-refractivity contribution >= 4 is 17.2 Å². The first-order valence-corrected chi connectivity index (χ1v) is 8.61. The Bertz CT molecular complexity index is 832. The lowest BCUT2D eigenvalue weighted by atomic mass is 10.1. The first-order chi connectivity index (χ1) is 12.2. The number of aromatic nitrogens is 3. The highest BCUT2D eigenvalue weighted by Crippen LogP contribution is 2.23. The molecule has 0 spiro atoms. The average Bonchev–Trinajstić information content (AvgIpc) is 3.31. The number of carbonyl (C=O) groups is 1. The molecule has 8 heteroatoms. The minimum atomic E-state index is -0.116. The second-order valence-electron chi connectivity index (χ2n) is 5.43. The molecule has 3 rings (SSSR count). The fourth-order valence-corrected chi connectivity index (χ4v) is 2.93. The zero-order valence-electron chi connectivity index (χ0n) is 14.0. The molecule has 0 fully saturated rings. The molecule has 0 saturated heterocycles. The number of ether oxygens (including phenoxy) is 1. The zero-order chi connectivity index (χ0) is 17.6. The van der Waals surface area contributed by atoms with Crippen LogP contribution in [0.25, 0.3) is 10.6 Å². The van der Waals surface area contributed by atoms with Crippen LogP contribution in [0, 0.1) is 0 Å². The van der Waals surface area contributed by atoms with Crippen LogP contribution >= 0.6 is 11.3 Å². The van der Waals surface area contributed by atoms with Crippen molar-refractivity contribution in [1.29, 1.82) is 0 Å². The molecule has 0 aliphatic rings. The Balaban J connectivity index is 1.68. The third-order valence-electron chi connectivity index (χ3n) is 3.55. The molecule has 25 heavy (non-hydrogen) atoms. The quantitative estimate of drug-likeness (QED) is 0.646. The Labute approximate surface area is 149 Å². The van der Waals surface area contributed by atoms with Crippen molar-refractivity contribution in [3.05, 3.63) is 53.1 Å². The maximum absolute atomic E-state index is 12.6. The standard InChI is InChI=1S/C17H18N4O3S/c1-21(11-15-19-14(20-24-15)6-8-23-2)17(22)13-5-3-4-12(10-13)16-18-7-9-25-16/h3-5,7,9-10H,6,8,11H2,1-2H3. The molecule has 0 atom stereocenters. The molecule has 130 valence electrons. The van der Waals surface area contributed by atoms with Gasteiger partial charge in [0.1, 0.15) is 5.01 Å². The van der Waals surface area contributed by atoms with Gasteiger partial charge in [-0.25, -0.2) is 4.98 Å². The van der Waals surface area contributed by atoms with E-state index in [-0.39, 0.29) is 12.5 Å². The van der Waals surface area contributed by atoms with Gasteiger partial charge in [-0.15, -0.1) is 11.3 Å². The van der Waals surface area contributed by atoms with Crippen LogP contribution in [-0.4, -0.2) is 46.7 Å². The number of carbonyl (C=O) groups excluding carboxylic acids is 1. The summed E-state index contributed by atoms with van der Waals surface area (Å²) in [6.07, 6.45) is 2.32. The van der Waals surface area contributed by atoms with Crippen molar-refractivity contribution in [3.63, 3.8) is 0 Å². The molecule has 0 aliphatic heterocycles. The predicted octanol–water partition coefficient (Wildman–Crippen LogP) is 2.65. The molecule has 0 saturated carbocycles. The lowest BCUT2D eigenvalue weighted by Crippen LogP contribution is -2.26. The summed E-state index contributed by atoms with van der Waals surface area (Å²) in [5, 5.41) is 6.67. The minimum absolute atomic E-state index is 0.116. The molecule has 0 N–H and O–H groups in total. The largest absolute Gasteiger partial charge is 0.384 e. The molecule has 0 aliphatic carbocycles. The third-order valence-corrected chi connectivity index (χ3v) is 4.37. The summed E-state index contributed by atoms with van der Waals surface area (Å²) >= 11 is 1.54. The van der Waals surface area contributed by atoms with E-state index >= 15 is 0 Å². The van der Waals surface area contributed by atoms with Gasteiger partial charge in [0.25, 0.3) is 5.91 Å². The van der Waals surface area contributed by atoms with Gasteiger partial charge < -0.3 is 14.2 Å². The van der Waals surface area contributed by atoms with Crippen molar-refractivity contribution < 1.29 is 14.1 Å². The number of benzene rings is 1. The van der Waals surface area contributed by atoms with Gasteiger partial charge in [-0.1, -0.05) is 17.3 Å². The second-order valence-corrected chi connectivity index (χ2v) is 6.32. The van der Waals surface area contributed by atoms with E-state index < -0.39 is 0 Å². The van der Waals surface area contributed by atoms with Crippen LogP contribution in [0.5, 0.6) is 0 Å². The Hall–Kier alpha value is -2.58. The summed E-state index contributed by atoms with van der Waals surface area (Å²) in [5.74, 6) is 0.858. The summed E-state index contributed by atoms with van der Waals surface area (Å²) in [6, 6.07) is 7.42. The van der Waals surface area contributed by atoms with Crippen molar-refractivity contribution in [3.8, 4) is 10.6 Å². The van der Waals surface area contributed by atoms with Crippen LogP contribution in [0.3, 0.4) is 0 Å². The summed E-state index contributed by atoms with van der Waals surface area (Å²) in [6.45, 7) is 0.775. The van der Waals surface area contributed by atoms with Crippen molar-refractivity contribution in [1.82, 2.24) is 20.0 Å². The topological polar surface area (TPSA) is 81.4 Å². The smallest absolute Gasteiger partial charge is 0.254 e. The number of rotatable bonds is 7. The average molecular weight is 358 g/mol. The van der Waals surface area contributed by atoms with Crippen molar-refractivity contribution in [2.45, 2.75) is 13.0 Å². The van der Waals surface area contributed by atoms with Crippen LogP contribution in [0.1, 0.15) is 22.1 Å². The van der Waals surface area contributed by atoms with E-state index in [0.717, 1.165) is 10.6 Å². The second kappa shape index (κ2) is 8.00. The van der Waals surface area contributed by atoms with Gasteiger partial charge in [-0.3, -0.25) is 4.79 Å². The summed E-state index contributed by atoms with van der Waals surface area (Å²) in [5.41, 5.74) is 1.52. The minimum Gasteiger partial charge on any atom is -0.384 e. The molecule has 0 radical (unpaired) electrons.